The van der Waals surface area contributed by atoms with E-state index in [4.69, 9.17) is 4.74 Å². The van der Waals surface area contributed by atoms with Gasteiger partial charge in [-0.15, -0.1) is 11.3 Å². The summed E-state index contributed by atoms with van der Waals surface area (Å²) in [5, 5.41) is 4.10. The molecule has 9 heteroatoms. The van der Waals surface area contributed by atoms with Gasteiger partial charge in [0.2, 0.25) is 5.91 Å². The average Bonchev–Trinajstić information content (AvgIpc) is 3.34. The number of ether oxygens (including phenoxy) is 1. The maximum absolute atomic E-state index is 13.4. The number of thioether (sulfide) groups is 1. The Kier molecular flexibility index (Phi) is 6.54. The summed E-state index contributed by atoms with van der Waals surface area (Å²) >= 11 is 2.78. The third-order valence-corrected chi connectivity index (χ3v) is 8.67. The van der Waals surface area contributed by atoms with Crippen LogP contribution in [0.15, 0.2) is 83.2 Å². The third-order valence-electron chi connectivity index (χ3n) is 6.46. The Morgan fingerprint density at radius 1 is 1.00 bits per heavy atom. The van der Waals surface area contributed by atoms with Crippen LogP contribution in [0.25, 0.3) is 21.0 Å². The molecule has 7 nitrogen and oxygen atoms in total. The molecule has 0 aliphatic carbocycles. The summed E-state index contributed by atoms with van der Waals surface area (Å²) in [6.07, 6.45) is 0. The number of carbonyl (C=O) groups excluding carboxylic acids is 3. The zero-order chi connectivity index (χ0) is 27.1. The van der Waals surface area contributed by atoms with E-state index in [1.54, 1.807) is 24.3 Å². The van der Waals surface area contributed by atoms with Gasteiger partial charge in [-0.2, -0.15) is 0 Å². The predicted molar refractivity (Wildman–Crippen MR) is 156 cm³/mol. The molecule has 1 aromatic heterocycles. The second kappa shape index (κ2) is 10.2. The van der Waals surface area contributed by atoms with Crippen molar-refractivity contribution in [2.45, 2.75) is 23.4 Å². The monoisotopic (exact) mass is 553 g/mol. The first-order chi connectivity index (χ1) is 18.9. The van der Waals surface area contributed by atoms with Crippen molar-refractivity contribution >= 4 is 73.2 Å². The van der Waals surface area contributed by atoms with Crippen LogP contribution in [0.3, 0.4) is 0 Å². The highest BCUT2D eigenvalue weighted by atomic mass is 32.2. The number of hydrogen-bond donors (Lipinski definition) is 1. The van der Waals surface area contributed by atoms with Crippen molar-refractivity contribution in [1.29, 1.82) is 0 Å². The number of amides is 3. The lowest BCUT2D eigenvalue weighted by atomic mass is 9.94. The lowest BCUT2D eigenvalue weighted by Gasteiger charge is -2.27. The molecule has 2 heterocycles. The van der Waals surface area contributed by atoms with E-state index in [2.05, 4.69) is 10.3 Å². The average molecular weight is 554 g/mol. The summed E-state index contributed by atoms with van der Waals surface area (Å²) in [7, 11) is 0. The van der Waals surface area contributed by atoms with Crippen LogP contribution in [-0.2, 0) is 4.79 Å². The molecule has 1 atom stereocenters. The van der Waals surface area contributed by atoms with Gasteiger partial charge in [0, 0.05) is 22.2 Å². The van der Waals surface area contributed by atoms with Gasteiger partial charge in [-0.3, -0.25) is 14.4 Å². The SMILES string of the molecule is CCOc1ccc(NC(=O)C(C)Sc2nc3ccc(N4C(=O)c5cccc6cccc(c56)C4=O)cc3s2)cc1. The zero-order valence-corrected chi connectivity index (χ0v) is 22.8. The minimum Gasteiger partial charge on any atom is -0.494 e. The Bertz CT molecular complexity index is 1710. The number of hydrogen-bond acceptors (Lipinski definition) is 7. The lowest BCUT2D eigenvalue weighted by molar-refractivity contribution is -0.115. The van der Waals surface area contributed by atoms with Crippen LogP contribution in [0.4, 0.5) is 11.4 Å². The van der Waals surface area contributed by atoms with Crippen LogP contribution in [0, 0.1) is 0 Å². The van der Waals surface area contributed by atoms with Gasteiger partial charge < -0.3 is 10.1 Å². The number of anilines is 2. The van der Waals surface area contributed by atoms with E-state index in [0.717, 1.165) is 25.7 Å². The van der Waals surface area contributed by atoms with Gasteiger partial charge in [-0.1, -0.05) is 36.0 Å². The van der Waals surface area contributed by atoms with Crippen LogP contribution in [0.1, 0.15) is 34.6 Å². The number of fused-ring (bicyclic) bond motifs is 1. The molecule has 4 aromatic carbocycles. The van der Waals surface area contributed by atoms with Crippen molar-refractivity contribution in [3.63, 3.8) is 0 Å². The van der Waals surface area contributed by atoms with Crippen LogP contribution in [-0.4, -0.2) is 34.6 Å². The summed E-state index contributed by atoms with van der Waals surface area (Å²) < 4.78 is 6.99. The first kappa shape index (κ1) is 25.1. The normalized spacial score (nSPS) is 13.6. The fraction of sp³-hybridized carbons (Fsp3) is 0.133. The minimum atomic E-state index is -0.390. The number of imide groups is 1. The van der Waals surface area contributed by atoms with Gasteiger partial charge in [0.1, 0.15) is 5.75 Å². The van der Waals surface area contributed by atoms with Crippen molar-refractivity contribution in [3.8, 4) is 5.75 Å². The first-order valence-corrected chi connectivity index (χ1v) is 14.1. The number of aromatic nitrogens is 1. The molecule has 1 aliphatic rings. The molecule has 0 spiro atoms. The predicted octanol–water partition coefficient (Wildman–Crippen LogP) is 6.77. The molecule has 39 heavy (non-hydrogen) atoms. The number of nitrogens with zero attached hydrogens (tertiary/aromatic N) is 2. The summed E-state index contributed by atoms with van der Waals surface area (Å²) in [4.78, 5) is 45.5. The van der Waals surface area contributed by atoms with E-state index in [0.29, 0.717) is 34.5 Å². The Morgan fingerprint density at radius 3 is 2.36 bits per heavy atom. The van der Waals surface area contributed by atoms with Crippen LogP contribution < -0.4 is 15.0 Å². The van der Waals surface area contributed by atoms with Gasteiger partial charge in [0.05, 0.1) is 27.8 Å². The number of thiazole rings is 1. The molecule has 194 valence electrons. The largest absolute Gasteiger partial charge is 0.494 e. The fourth-order valence-electron chi connectivity index (χ4n) is 4.60. The second-order valence-electron chi connectivity index (χ2n) is 8.99. The topological polar surface area (TPSA) is 88.6 Å². The molecule has 0 fully saturated rings. The lowest BCUT2D eigenvalue weighted by Crippen LogP contribution is -2.40. The Balaban J connectivity index is 1.21. The minimum absolute atomic E-state index is 0.138. The van der Waals surface area contributed by atoms with E-state index in [1.807, 2.05) is 68.4 Å². The quantitative estimate of drug-likeness (QED) is 0.177. The Labute approximate surface area is 232 Å². The molecule has 0 bridgehead atoms. The Morgan fingerprint density at radius 2 is 1.69 bits per heavy atom. The highest BCUT2D eigenvalue weighted by molar-refractivity contribution is 8.02. The van der Waals surface area contributed by atoms with Gasteiger partial charge in [-0.05, 0) is 73.8 Å². The number of benzene rings is 4. The van der Waals surface area contributed by atoms with Crippen molar-refractivity contribution < 1.29 is 19.1 Å². The summed E-state index contributed by atoms with van der Waals surface area (Å²) in [6.45, 7) is 4.33. The van der Waals surface area contributed by atoms with Gasteiger partial charge >= 0.3 is 0 Å². The van der Waals surface area contributed by atoms with E-state index in [-0.39, 0.29) is 23.0 Å². The molecular formula is C30H23N3O4S2. The fourth-order valence-corrected chi connectivity index (χ4v) is 6.84. The van der Waals surface area contributed by atoms with Crippen LogP contribution >= 0.6 is 23.1 Å². The molecule has 1 aliphatic heterocycles. The van der Waals surface area contributed by atoms with Crippen LogP contribution in [0.5, 0.6) is 5.75 Å². The van der Waals surface area contributed by atoms with E-state index < -0.39 is 0 Å². The number of nitrogens with one attached hydrogen (secondary N) is 1. The second-order valence-corrected chi connectivity index (χ2v) is 11.6. The highest BCUT2D eigenvalue weighted by Crippen LogP contribution is 2.37. The summed E-state index contributed by atoms with van der Waals surface area (Å²) in [6, 6.07) is 23.6. The van der Waals surface area contributed by atoms with E-state index in [1.165, 1.54) is 28.0 Å². The summed E-state index contributed by atoms with van der Waals surface area (Å²) in [5.74, 6) is -0.0767. The molecule has 5 aromatic rings. The molecular weight excluding hydrogens is 530 g/mol. The standard InChI is InChI=1S/C30H23N3O4S2/c1-3-37-21-13-10-19(11-14-21)31-27(34)17(2)38-30-32-24-15-12-20(16-25(24)39-30)33-28(35)22-8-4-6-18-7-5-9-23(26(18)22)29(33)36/h4-17H,3H2,1-2H3,(H,31,34). The highest BCUT2D eigenvalue weighted by Gasteiger charge is 2.34. The number of rotatable bonds is 7. The van der Waals surface area contributed by atoms with Gasteiger partial charge in [0.15, 0.2) is 4.34 Å². The molecule has 6 rings (SSSR count). The molecule has 0 radical (unpaired) electrons. The summed E-state index contributed by atoms with van der Waals surface area (Å²) in [5.41, 5.74) is 2.94. The molecule has 0 saturated heterocycles. The van der Waals surface area contributed by atoms with E-state index in [9.17, 15) is 14.4 Å². The van der Waals surface area contributed by atoms with E-state index >= 15 is 0 Å². The number of carbonyl (C=O) groups is 3. The molecule has 1 unspecified atom stereocenters. The molecule has 1 N–H and O–H groups in total. The van der Waals surface area contributed by atoms with Gasteiger partial charge in [-0.25, -0.2) is 9.88 Å². The molecule has 3 amide bonds. The first-order valence-electron chi connectivity index (χ1n) is 12.4. The maximum Gasteiger partial charge on any atom is 0.265 e. The molecule has 0 saturated carbocycles. The van der Waals surface area contributed by atoms with Crippen molar-refractivity contribution in [3.05, 3.63) is 90.0 Å². The third kappa shape index (κ3) is 4.64. The van der Waals surface area contributed by atoms with Crippen molar-refractivity contribution in [2.24, 2.45) is 0 Å². The zero-order valence-electron chi connectivity index (χ0n) is 21.1. The smallest absolute Gasteiger partial charge is 0.265 e. The van der Waals surface area contributed by atoms with Crippen LogP contribution in [0.2, 0.25) is 0 Å². The Hall–Kier alpha value is -4.21. The van der Waals surface area contributed by atoms with Crippen molar-refractivity contribution in [2.75, 3.05) is 16.8 Å². The van der Waals surface area contributed by atoms with Crippen molar-refractivity contribution in [1.82, 2.24) is 4.98 Å². The van der Waals surface area contributed by atoms with Gasteiger partial charge in [0.25, 0.3) is 11.8 Å². The maximum atomic E-state index is 13.4.